The summed E-state index contributed by atoms with van der Waals surface area (Å²) in [6.45, 7) is 7.97. The van der Waals surface area contributed by atoms with Crippen LogP contribution >= 0.6 is 0 Å². The minimum absolute atomic E-state index is 0.219. The van der Waals surface area contributed by atoms with E-state index >= 15 is 0 Å². The molecular formula is C15H18N6O. The minimum Gasteiger partial charge on any atom is -0.337 e. The van der Waals surface area contributed by atoms with Crippen LogP contribution in [0.25, 0.3) is 11.4 Å². The largest absolute Gasteiger partial charge is 0.337 e. The molecule has 0 aliphatic heterocycles. The van der Waals surface area contributed by atoms with Crippen molar-refractivity contribution in [1.29, 1.82) is 0 Å². The van der Waals surface area contributed by atoms with E-state index in [2.05, 4.69) is 25.6 Å². The molecule has 0 unspecified atom stereocenters. The molecule has 1 atom stereocenters. The quantitative estimate of drug-likeness (QED) is 0.736. The van der Waals surface area contributed by atoms with Crippen molar-refractivity contribution in [2.45, 2.75) is 39.7 Å². The lowest BCUT2D eigenvalue weighted by atomic mass is 10.1. The predicted molar refractivity (Wildman–Crippen MR) is 80.2 cm³/mol. The summed E-state index contributed by atoms with van der Waals surface area (Å²) in [4.78, 5) is 5.87. The van der Waals surface area contributed by atoms with Gasteiger partial charge in [0.05, 0.1) is 0 Å². The summed E-state index contributed by atoms with van der Waals surface area (Å²) in [6, 6.07) is 7.74. The van der Waals surface area contributed by atoms with Crippen molar-refractivity contribution in [3.63, 3.8) is 0 Å². The third kappa shape index (κ3) is 2.74. The molecule has 1 aromatic carbocycles. The van der Waals surface area contributed by atoms with Gasteiger partial charge in [-0.05, 0) is 19.1 Å². The Morgan fingerprint density at radius 2 is 1.82 bits per heavy atom. The number of nitrogens with zero attached hydrogens (tertiary/aromatic N) is 6. The zero-order valence-electron chi connectivity index (χ0n) is 13.1. The molecule has 2 aromatic heterocycles. The van der Waals surface area contributed by atoms with E-state index in [4.69, 9.17) is 4.52 Å². The number of rotatable bonds is 4. The lowest BCUT2D eigenvalue weighted by Gasteiger charge is -2.03. The topological polar surface area (TPSA) is 82.5 Å². The van der Waals surface area contributed by atoms with Crippen molar-refractivity contribution in [2.24, 2.45) is 0 Å². The highest BCUT2D eigenvalue weighted by Gasteiger charge is 2.20. The Balaban J connectivity index is 1.84. The van der Waals surface area contributed by atoms with E-state index in [9.17, 15) is 0 Å². The van der Waals surface area contributed by atoms with Crippen molar-refractivity contribution < 1.29 is 4.52 Å². The van der Waals surface area contributed by atoms with Crippen LogP contribution in [0.15, 0.2) is 28.8 Å². The maximum absolute atomic E-state index is 5.28. The lowest BCUT2D eigenvalue weighted by molar-refractivity contribution is 0.317. The van der Waals surface area contributed by atoms with E-state index in [0.717, 1.165) is 5.56 Å². The van der Waals surface area contributed by atoms with Gasteiger partial charge < -0.3 is 4.52 Å². The van der Waals surface area contributed by atoms with Crippen molar-refractivity contribution >= 4 is 0 Å². The second-order valence-corrected chi connectivity index (χ2v) is 5.62. The summed E-state index contributed by atoms with van der Waals surface area (Å²) in [6.07, 6.45) is 0. The number of hydrogen-bond donors (Lipinski definition) is 0. The average molecular weight is 298 g/mol. The first kappa shape index (κ1) is 14.4. The van der Waals surface area contributed by atoms with E-state index < -0.39 is 0 Å². The summed E-state index contributed by atoms with van der Waals surface area (Å²) >= 11 is 0. The van der Waals surface area contributed by atoms with Gasteiger partial charge in [-0.25, -0.2) is 0 Å². The summed E-state index contributed by atoms with van der Waals surface area (Å²) in [5, 5.41) is 16.6. The highest BCUT2D eigenvalue weighted by atomic mass is 16.5. The van der Waals surface area contributed by atoms with Crippen LogP contribution in [-0.2, 0) is 0 Å². The molecule has 0 saturated carbocycles. The van der Waals surface area contributed by atoms with Gasteiger partial charge >= 0.3 is 0 Å². The first-order valence-electron chi connectivity index (χ1n) is 7.24. The molecule has 0 fully saturated rings. The summed E-state index contributed by atoms with van der Waals surface area (Å²) in [5.74, 6) is 1.96. The van der Waals surface area contributed by atoms with Gasteiger partial charge in [-0.2, -0.15) is 9.78 Å². The first-order valence-corrected chi connectivity index (χ1v) is 7.24. The molecule has 7 heteroatoms. The Kier molecular flexibility index (Phi) is 3.70. The molecule has 7 nitrogen and oxygen atoms in total. The minimum atomic E-state index is -0.258. The molecule has 0 aliphatic carbocycles. The average Bonchev–Trinajstić information content (AvgIpc) is 3.17. The second kappa shape index (κ2) is 5.67. The smallest absolute Gasteiger partial charge is 0.253 e. The lowest BCUT2D eigenvalue weighted by Crippen LogP contribution is -2.11. The fraction of sp³-hybridized carbons (Fsp3) is 0.400. The van der Waals surface area contributed by atoms with E-state index in [1.807, 2.05) is 52.0 Å². The molecule has 22 heavy (non-hydrogen) atoms. The Morgan fingerprint density at radius 3 is 2.45 bits per heavy atom. The second-order valence-electron chi connectivity index (χ2n) is 5.62. The Morgan fingerprint density at radius 1 is 1.09 bits per heavy atom. The van der Waals surface area contributed by atoms with Crippen LogP contribution in [0, 0.1) is 6.92 Å². The third-order valence-corrected chi connectivity index (χ3v) is 3.42. The number of aromatic nitrogens is 6. The molecular weight excluding hydrogens is 280 g/mol. The van der Waals surface area contributed by atoms with Crippen molar-refractivity contribution in [1.82, 2.24) is 30.3 Å². The summed E-state index contributed by atoms with van der Waals surface area (Å²) in [5.41, 5.74) is 2.12. The monoisotopic (exact) mass is 298 g/mol. The molecule has 0 N–H and O–H groups in total. The van der Waals surface area contributed by atoms with Gasteiger partial charge in [0.15, 0.2) is 5.82 Å². The van der Waals surface area contributed by atoms with Gasteiger partial charge in [0.2, 0.25) is 5.82 Å². The highest BCUT2D eigenvalue weighted by molar-refractivity contribution is 5.54. The Hall–Kier alpha value is -2.57. The van der Waals surface area contributed by atoms with Crippen LogP contribution in [0.4, 0.5) is 0 Å². The van der Waals surface area contributed by atoms with Gasteiger partial charge in [-0.15, -0.1) is 10.2 Å². The third-order valence-electron chi connectivity index (χ3n) is 3.42. The molecule has 0 spiro atoms. The highest BCUT2D eigenvalue weighted by Crippen LogP contribution is 2.19. The molecule has 0 amide bonds. The molecule has 0 aliphatic rings. The maximum atomic E-state index is 5.28. The van der Waals surface area contributed by atoms with Crippen molar-refractivity contribution in [3.05, 3.63) is 41.5 Å². The molecule has 2 heterocycles. The molecule has 0 saturated heterocycles. The standard InChI is InChI=1S/C15H18N6O/c1-9(2)13-16-15(22-19-13)11(4)21-18-14(17-20-21)12-7-5-10(3)6-8-12/h5-9,11H,1-4H3/t11-/m0/s1. The number of aryl methyl sites for hydroxylation is 1. The van der Waals surface area contributed by atoms with Crippen LogP contribution in [0.2, 0.25) is 0 Å². The van der Waals surface area contributed by atoms with Gasteiger partial charge in [-0.1, -0.05) is 48.8 Å². The fourth-order valence-corrected chi connectivity index (χ4v) is 1.96. The Labute approximate surface area is 128 Å². The van der Waals surface area contributed by atoms with Gasteiger partial charge in [0, 0.05) is 11.5 Å². The maximum Gasteiger partial charge on any atom is 0.253 e. The number of benzene rings is 1. The van der Waals surface area contributed by atoms with Crippen LogP contribution in [0.5, 0.6) is 0 Å². The van der Waals surface area contributed by atoms with E-state index in [0.29, 0.717) is 17.5 Å². The zero-order chi connectivity index (χ0) is 15.7. The first-order chi connectivity index (χ1) is 10.5. The number of tetrazole rings is 1. The number of hydrogen-bond acceptors (Lipinski definition) is 6. The van der Waals surface area contributed by atoms with Crippen molar-refractivity contribution in [3.8, 4) is 11.4 Å². The van der Waals surface area contributed by atoms with Crippen LogP contribution in [0.3, 0.4) is 0 Å². The van der Waals surface area contributed by atoms with Crippen molar-refractivity contribution in [2.75, 3.05) is 0 Å². The normalized spacial score (nSPS) is 12.8. The molecule has 0 radical (unpaired) electrons. The van der Waals surface area contributed by atoms with Crippen LogP contribution < -0.4 is 0 Å². The molecule has 3 rings (SSSR count). The van der Waals surface area contributed by atoms with E-state index in [1.165, 1.54) is 10.4 Å². The zero-order valence-corrected chi connectivity index (χ0v) is 13.1. The summed E-state index contributed by atoms with van der Waals surface area (Å²) in [7, 11) is 0. The van der Waals surface area contributed by atoms with Gasteiger partial charge in [-0.3, -0.25) is 0 Å². The fourth-order valence-electron chi connectivity index (χ4n) is 1.96. The van der Waals surface area contributed by atoms with Crippen LogP contribution in [-0.4, -0.2) is 30.3 Å². The molecule has 3 aromatic rings. The van der Waals surface area contributed by atoms with Crippen LogP contribution in [0.1, 0.15) is 50.0 Å². The molecule has 0 bridgehead atoms. The van der Waals surface area contributed by atoms with E-state index in [-0.39, 0.29) is 12.0 Å². The predicted octanol–water partition coefficient (Wildman–Crippen LogP) is 2.76. The van der Waals surface area contributed by atoms with Gasteiger partial charge in [0.1, 0.15) is 6.04 Å². The SMILES string of the molecule is Cc1ccc(-c2nnn([C@@H](C)c3nc(C(C)C)no3)n2)cc1. The van der Waals surface area contributed by atoms with E-state index in [1.54, 1.807) is 0 Å². The Bertz CT molecular complexity index is 758. The van der Waals surface area contributed by atoms with Gasteiger partial charge in [0.25, 0.3) is 5.89 Å². The molecule has 114 valence electrons. The summed E-state index contributed by atoms with van der Waals surface area (Å²) < 4.78 is 5.28.